The van der Waals surface area contributed by atoms with E-state index in [0.29, 0.717) is 7.18 Å². The lowest BCUT2D eigenvalue weighted by molar-refractivity contribution is -0.445. The molecule has 2 aliphatic carbocycles. The molecule has 0 heterocycles. The molecule has 0 unspecified atom stereocenters. The van der Waals surface area contributed by atoms with Crippen molar-refractivity contribution in [3.63, 3.8) is 0 Å². The number of alkyl halides is 3. The first-order valence-electron chi connectivity index (χ1n) is 19.5. The summed E-state index contributed by atoms with van der Waals surface area (Å²) < 4.78 is 9.50. The molecule has 0 aliphatic heterocycles. The van der Waals surface area contributed by atoms with Gasteiger partial charge in [-0.25, -0.2) is 0 Å². The second-order valence-corrected chi connectivity index (χ2v) is 12.0. The van der Waals surface area contributed by atoms with Crippen molar-refractivity contribution in [3.8, 4) is 6.07 Å². The van der Waals surface area contributed by atoms with Crippen LogP contribution >= 0.6 is 27.5 Å². The van der Waals surface area contributed by atoms with Crippen molar-refractivity contribution in [3.05, 3.63) is 94.0 Å². The number of rotatable bonds is 1. The van der Waals surface area contributed by atoms with Crippen molar-refractivity contribution in [2.24, 2.45) is 11.8 Å². The van der Waals surface area contributed by atoms with Gasteiger partial charge < -0.3 is 0 Å². The van der Waals surface area contributed by atoms with Crippen LogP contribution in [0.4, 0.5) is 4.39 Å². The van der Waals surface area contributed by atoms with Gasteiger partial charge in [0.25, 0.3) is 0 Å². The van der Waals surface area contributed by atoms with Gasteiger partial charge in [0.15, 0.2) is 7.05 Å². The van der Waals surface area contributed by atoms with Gasteiger partial charge in [-0.1, -0.05) is 234 Å². The number of benzene rings is 3. The van der Waals surface area contributed by atoms with Crippen LogP contribution in [0, 0.1) is 47.1 Å². The Morgan fingerprint density at radius 2 is 1.04 bits per heavy atom. The highest BCUT2D eigenvalue weighted by Crippen LogP contribution is 2.23. The molecule has 2 saturated carbocycles. The first kappa shape index (κ1) is 69.4. The fourth-order valence-electron chi connectivity index (χ4n) is 4.36. The second-order valence-electron chi connectivity index (χ2n) is 12.0. The predicted octanol–water partition coefficient (Wildman–Crippen LogP) is 17.7. The van der Waals surface area contributed by atoms with Crippen LogP contribution in [-0.2, 0) is 0 Å². The molecular weight excluding hydrogens is 759 g/mol. The minimum absolute atomic E-state index is 0. The molecule has 2 aliphatic rings. The van der Waals surface area contributed by atoms with E-state index < -0.39 is 4.92 Å². The summed E-state index contributed by atoms with van der Waals surface area (Å²) >= 11 is 7.58. The zero-order chi connectivity index (χ0) is 42.7. The van der Waals surface area contributed by atoms with Crippen molar-refractivity contribution >= 4 is 38.3 Å². The maximum Gasteiger partial charge on any atom is 0.194 e. The average Bonchev–Trinajstić information content (AvgIpc) is 3.68. The number of halogens is 3. The van der Waals surface area contributed by atoms with Gasteiger partial charge in [0.1, 0.15) is 0 Å². The van der Waals surface area contributed by atoms with E-state index in [1.807, 2.05) is 37.9 Å². The van der Waals surface area contributed by atoms with Gasteiger partial charge in [-0.2, -0.15) is 5.26 Å². The largest absolute Gasteiger partial charge is 0.265 e. The van der Waals surface area contributed by atoms with Crippen molar-refractivity contribution in [1.29, 1.82) is 5.26 Å². The molecule has 0 N–H and O–H groups in total. The SMILES string of the molecule is C.CBr.CC.CC#N.CC1CCCC1.CC1CCCCC1.CCC.CCCC.CCl.CF.C[N+](=O)[O-].Cc1cccc2ccccc12.Cc1ccccc1. The number of fused-ring (bicyclic) bond motifs is 1. The fourth-order valence-corrected chi connectivity index (χ4v) is 4.36. The summed E-state index contributed by atoms with van der Waals surface area (Å²) in [5, 5.41) is 18.8. The Balaban J connectivity index is -0.0000000749. The van der Waals surface area contributed by atoms with E-state index in [4.69, 9.17) is 15.4 Å². The van der Waals surface area contributed by atoms with E-state index >= 15 is 0 Å². The highest BCUT2D eigenvalue weighted by atomic mass is 79.9. The Bertz CT molecular complexity index is 1070. The number of unbranched alkanes of at least 4 members (excludes halogenated alkanes) is 1. The van der Waals surface area contributed by atoms with Crippen LogP contribution in [0.25, 0.3) is 10.8 Å². The highest BCUT2D eigenvalue weighted by Gasteiger charge is 2.07. The minimum atomic E-state index is -0.500. The normalized spacial score (nSPS) is 11.3. The van der Waals surface area contributed by atoms with Crippen LogP contribution in [0.2, 0.25) is 0 Å². The maximum atomic E-state index is 9.50. The standard InChI is InChI=1S/C11H10.C7H14.C7H8.C6H12.C4H10.C3H8.C2H3N.C2H6.CH3Br.CH3Cl.CH3F.CH3NO2.CH4/c1-9-5-4-7-10-6-2-3-8-11(9)10;2*1-7-5-3-2-4-6-7;1-6-4-2-3-5-6;1-3-4-2;1-3-2;1-2-3;4*1-2;1-2(3)4;/h2-8H,1H3;7H,2-6H2,1H3;2-6H,1H3;6H,2-5H2,1H3;3-4H2,1-2H3;3H2,1-2H3;1H3;1-2H3;3*1H3;1H3;1H4. The van der Waals surface area contributed by atoms with Crippen LogP contribution in [0.3, 0.4) is 0 Å². The molecule has 318 valence electrons. The zero-order valence-corrected chi connectivity index (χ0v) is 39.3. The molecule has 5 rings (SSSR count). The van der Waals surface area contributed by atoms with Gasteiger partial charge in [0.05, 0.1) is 13.2 Å². The van der Waals surface area contributed by atoms with Crippen molar-refractivity contribution in [1.82, 2.24) is 0 Å². The van der Waals surface area contributed by atoms with Crippen LogP contribution in [0.5, 0.6) is 0 Å². The topological polar surface area (TPSA) is 66.9 Å². The zero-order valence-electron chi connectivity index (χ0n) is 36.9. The van der Waals surface area contributed by atoms with E-state index in [1.165, 1.54) is 112 Å². The molecule has 3 aromatic rings. The molecule has 2 fully saturated rings. The Hall–Kier alpha value is -2.49. The van der Waals surface area contributed by atoms with Gasteiger partial charge in [-0.15, -0.1) is 11.6 Å². The molecule has 7 heteroatoms. The summed E-state index contributed by atoms with van der Waals surface area (Å²) in [5.41, 5.74) is 2.67. The number of hydrogen-bond acceptors (Lipinski definition) is 3. The van der Waals surface area contributed by atoms with Gasteiger partial charge in [-0.05, 0) is 47.9 Å². The monoisotopic (exact) mass is 845 g/mol. The Labute approximate surface area is 350 Å². The summed E-state index contributed by atoms with van der Waals surface area (Å²) in [6.07, 6.45) is 18.7. The molecule has 0 spiro atoms. The molecule has 4 nitrogen and oxygen atoms in total. The molecule has 0 amide bonds. The van der Waals surface area contributed by atoms with Crippen LogP contribution < -0.4 is 0 Å². The van der Waals surface area contributed by atoms with Crippen LogP contribution in [0.15, 0.2) is 72.8 Å². The highest BCUT2D eigenvalue weighted by molar-refractivity contribution is 9.08. The summed E-state index contributed by atoms with van der Waals surface area (Å²) in [6, 6.07) is 26.8. The number of nitriles is 1. The summed E-state index contributed by atoms with van der Waals surface area (Å²) in [6.45, 7) is 23.0. The Morgan fingerprint density at radius 1 is 0.741 bits per heavy atom. The minimum Gasteiger partial charge on any atom is -0.265 e. The third-order valence-corrected chi connectivity index (χ3v) is 6.99. The molecule has 0 saturated heterocycles. The second kappa shape index (κ2) is 65.4. The number of aryl methyl sites for hydroxylation is 2. The molecule has 3 aromatic carbocycles. The Kier molecular flexibility index (Phi) is 84.1. The van der Waals surface area contributed by atoms with Crippen LogP contribution in [0.1, 0.15) is 158 Å². The Morgan fingerprint density at radius 3 is 1.28 bits per heavy atom. The number of nitrogens with zero attached hydrogens (tertiary/aromatic N) is 2. The summed E-state index contributed by atoms with van der Waals surface area (Å²) in [4.78, 5) is 8.31. The van der Waals surface area contributed by atoms with Gasteiger partial charge in [0, 0.05) is 18.2 Å². The summed E-state index contributed by atoms with van der Waals surface area (Å²) in [7, 11) is 1.39. The molecule has 54 heavy (non-hydrogen) atoms. The molecule has 0 atom stereocenters. The van der Waals surface area contributed by atoms with Crippen molar-refractivity contribution in [2.75, 3.05) is 26.4 Å². The first-order chi connectivity index (χ1) is 25.5. The quantitative estimate of drug-likeness (QED) is 0.139. The molecule has 0 bridgehead atoms. The van der Waals surface area contributed by atoms with Crippen LogP contribution in [-0.4, -0.2) is 31.4 Å². The third-order valence-electron chi connectivity index (χ3n) is 6.99. The smallest absolute Gasteiger partial charge is 0.194 e. The third kappa shape index (κ3) is 64.5. The predicted molar refractivity (Wildman–Crippen MR) is 252 cm³/mol. The van der Waals surface area contributed by atoms with Gasteiger partial charge >= 0.3 is 0 Å². The molecular formula is C47H87BrClFN2O2. The van der Waals surface area contributed by atoms with E-state index in [2.05, 4.69) is 138 Å². The van der Waals surface area contributed by atoms with Crippen molar-refractivity contribution in [2.45, 2.75) is 161 Å². The first-order valence-corrected chi connectivity index (χ1v) is 21.9. The average molecular weight is 847 g/mol. The lowest BCUT2D eigenvalue weighted by Crippen LogP contribution is -1.99. The fraction of sp³-hybridized carbons (Fsp3) is 0.638. The molecule has 0 aromatic heterocycles. The van der Waals surface area contributed by atoms with Gasteiger partial charge in [0.2, 0.25) is 0 Å². The van der Waals surface area contributed by atoms with Crippen molar-refractivity contribution < 1.29 is 9.31 Å². The van der Waals surface area contributed by atoms with E-state index in [0.717, 1.165) is 18.9 Å². The summed E-state index contributed by atoms with van der Waals surface area (Å²) in [5.74, 6) is 3.89. The molecule has 0 radical (unpaired) electrons. The lowest BCUT2D eigenvalue weighted by atomic mass is 9.91. The van der Waals surface area contributed by atoms with E-state index in [1.54, 1.807) is 6.07 Å². The van der Waals surface area contributed by atoms with E-state index in [9.17, 15) is 4.39 Å². The lowest BCUT2D eigenvalue weighted by Gasteiger charge is -2.15. The number of hydrogen-bond donors (Lipinski definition) is 0. The number of nitro groups is 1. The van der Waals surface area contributed by atoms with E-state index in [-0.39, 0.29) is 7.43 Å². The van der Waals surface area contributed by atoms with Gasteiger partial charge in [-0.3, -0.25) is 14.5 Å². The maximum absolute atomic E-state index is 9.50.